The number of amides is 5. The van der Waals surface area contributed by atoms with Crippen molar-refractivity contribution >= 4 is 69.0 Å². The van der Waals surface area contributed by atoms with Gasteiger partial charge in [0.25, 0.3) is 5.91 Å². The predicted molar refractivity (Wildman–Crippen MR) is 330 cm³/mol. The number of likely N-dealkylation sites (tertiary alicyclic amines) is 1. The van der Waals surface area contributed by atoms with Crippen LogP contribution in [-0.2, 0) is 55.8 Å². The lowest BCUT2D eigenvalue weighted by Crippen LogP contribution is -2.57. The molecule has 21 nitrogen and oxygen atoms in total. The van der Waals surface area contributed by atoms with Gasteiger partial charge in [-0.15, -0.1) is 11.3 Å². The molecule has 3 fully saturated rings. The fourth-order valence-corrected chi connectivity index (χ4v) is 11.8. The van der Waals surface area contributed by atoms with Crippen molar-refractivity contribution in [2.24, 2.45) is 5.41 Å². The monoisotopic (exact) mass is 1230 g/mol. The van der Waals surface area contributed by atoms with Crippen molar-refractivity contribution in [3.05, 3.63) is 124 Å². The number of rotatable bonds is 28. The van der Waals surface area contributed by atoms with Gasteiger partial charge in [-0.05, 0) is 96.3 Å². The molecular formula is C64H80F2N10O11S. The number of ether oxygens (including phenoxy) is 5. The summed E-state index contributed by atoms with van der Waals surface area (Å²) in [5, 5.41) is 31.0. The third-order valence-electron chi connectivity index (χ3n) is 15.8. The second-order valence-electron chi connectivity index (χ2n) is 23.4. The van der Waals surface area contributed by atoms with Crippen LogP contribution in [-0.4, -0.2) is 183 Å². The molecule has 0 saturated carbocycles. The Kier molecular flexibility index (Phi) is 23.0. The van der Waals surface area contributed by atoms with Crippen LogP contribution in [0.4, 0.5) is 26.0 Å². The summed E-state index contributed by atoms with van der Waals surface area (Å²) in [6.07, 6.45) is 1.30. The van der Waals surface area contributed by atoms with Crippen LogP contribution in [0.15, 0.2) is 84.4 Å². The van der Waals surface area contributed by atoms with E-state index in [-0.39, 0.29) is 94.9 Å². The number of H-pyrrole nitrogens is 1. The molecule has 5 heterocycles. The number of carbonyl (C=O) groups excluding carboxylic acids is 5. The summed E-state index contributed by atoms with van der Waals surface area (Å²) in [6, 6.07) is 20.8. The van der Waals surface area contributed by atoms with Crippen LogP contribution in [0.5, 0.6) is 0 Å². The molecule has 0 aliphatic carbocycles. The summed E-state index contributed by atoms with van der Waals surface area (Å²) in [4.78, 5) is 78.6. The Bertz CT molecular complexity index is 3310. The third kappa shape index (κ3) is 18.1. The van der Waals surface area contributed by atoms with Crippen molar-refractivity contribution in [3.8, 4) is 10.4 Å². The molecule has 3 aliphatic rings. The minimum absolute atomic E-state index is 0.00222. The highest BCUT2D eigenvalue weighted by Crippen LogP contribution is 2.32. The van der Waals surface area contributed by atoms with Crippen molar-refractivity contribution in [2.45, 2.75) is 97.0 Å². The smallest absolute Gasteiger partial charge is 0.258 e. The number of fused-ring (bicyclic) bond motifs is 1. The fraction of sp³-hybridized carbons (Fsp3) is 0.484. The number of halogens is 2. The number of aromatic nitrogens is 3. The Balaban J connectivity index is 0.624. The van der Waals surface area contributed by atoms with Gasteiger partial charge in [-0.2, -0.15) is 5.10 Å². The number of anilines is 3. The first-order chi connectivity index (χ1) is 42.4. The van der Waals surface area contributed by atoms with Crippen molar-refractivity contribution in [2.75, 3.05) is 114 Å². The van der Waals surface area contributed by atoms with Crippen LogP contribution < -0.4 is 26.2 Å². The first-order valence-electron chi connectivity index (χ1n) is 30.1. The number of hydrogen-bond acceptors (Lipinski definition) is 16. The molecule has 24 heteroatoms. The molecule has 9 rings (SSSR count). The maximum atomic E-state index is 14.0. The SMILES string of the molecule is Cc1ncsc1-c1ccc(CNC(=O)[C@@H]2C[C@@H](O)CN2C(=O)[C@@H](NC(=O)CCOCCOCCOCCOCCC(=O)N2CCN(c3ccc(C(=O)Nc4n[nH]c5ccc(Cc6cc(F)cc(F)c6)cc45)c(NC4CCOCC4)c3)CC2)C(C)(C)C)cc1. The van der Waals surface area contributed by atoms with E-state index in [9.17, 15) is 37.9 Å². The van der Waals surface area contributed by atoms with E-state index in [1.54, 1.807) is 17.4 Å². The van der Waals surface area contributed by atoms with Gasteiger partial charge < -0.3 is 64.8 Å². The van der Waals surface area contributed by atoms with Crippen LogP contribution in [0.1, 0.15) is 85.6 Å². The van der Waals surface area contributed by atoms with E-state index in [4.69, 9.17) is 23.7 Å². The summed E-state index contributed by atoms with van der Waals surface area (Å²) < 4.78 is 56.0. The normalized spacial score (nSPS) is 16.9. The topological polar surface area (TPSA) is 251 Å². The zero-order valence-corrected chi connectivity index (χ0v) is 51.2. The molecule has 0 radical (unpaired) electrons. The number of benzene rings is 4. The maximum Gasteiger partial charge on any atom is 0.258 e. The first kappa shape index (κ1) is 65.0. The van der Waals surface area contributed by atoms with E-state index >= 15 is 0 Å². The van der Waals surface area contributed by atoms with Gasteiger partial charge in [0.05, 0.1) is 92.5 Å². The first-order valence-corrected chi connectivity index (χ1v) is 30.9. The third-order valence-corrected chi connectivity index (χ3v) is 16.8. The van der Waals surface area contributed by atoms with Crippen LogP contribution in [0, 0.1) is 24.0 Å². The standard InChI is InChI=1S/C64H80F2N10O11S/c1-41-58(88-40-68-41)45-8-5-42(6-9-45)38-67-62(81)55-37-50(77)39-76(55)63(82)59(64(2,3)4)70-56(78)15-23-84-25-27-86-29-30-87-28-26-85-24-16-57(79)75-19-17-74(18-20-75)49-10-11-51(54(36-49)69-48-13-21-83-22-14-48)61(80)71-60-52-34-43(7-12-53(52)72-73-60)31-44-32-46(65)35-47(66)33-44/h5-12,32-36,40,48,50,55,59,69,77H,13-31,37-39H2,1-4H3,(H,67,81)(H,70,78)(H2,71,72,73,80)/t50-,55+,59-/m1/s1. The summed E-state index contributed by atoms with van der Waals surface area (Å²) in [5.41, 5.74) is 7.99. The number of aliphatic hydroxyl groups is 1. The number of aryl methyl sites for hydroxylation is 1. The van der Waals surface area contributed by atoms with Gasteiger partial charge in [-0.1, -0.05) is 51.1 Å². The quantitative estimate of drug-likeness (QED) is 0.0270. The molecule has 0 bridgehead atoms. The van der Waals surface area contributed by atoms with E-state index in [0.29, 0.717) is 99.4 Å². The van der Waals surface area contributed by atoms with E-state index < -0.39 is 41.1 Å². The van der Waals surface area contributed by atoms with Gasteiger partial charge in [-0.3, -0.25) is 29.1 Å². The molecule has 88 heavy (non-hydrogen) atoms. The molecule has 4 aromatic carbocycles. The van der Waals surface area contributed by atoms with Gasteiger partial charge in [-0.25, -0.2) is 13.8 Å². The highest BCUT2D eigenvalue weighted by molar-refractivity contribution is 7.13. The number of β-amino-alcohol motifs (C(OH)–C–C–N with tert-alkyl or cyclic N) is 1. The second-order valence-corrected chi connectivity index (χ2v) is 24.2. The zero-order chi connectivity index (χ0) is 62.2. The summed E-state index contributed by atoms with van der Waals surface area (Å²) >= 11 is 1.57. The molecule has 0 spiro atoms. The number of nitrogens with one attached hydrogen (secondary N) is 5. The molecule has 6 N–H and O–H groups in total. The number of thiazole rings is 1. The van der Waals surface area contributed by atoms with E-state index in [1.165, 1.54) is 17.0 Å². The van der Waals surface area contributed by atoms with Gasteiger partial charge in [0.1, 0.15) is 23.7 Å². The second kappa shape index (κ2) is 31.1. The zero-order valence-electron chi connectivity index (χ0n) is 50.4. The minimum Gasteiger partial charge on any atom is -0.391 e. The van der Waals surface area contributed by atoms with E-state index in [0.717, 1.165) is 51.9 Å². The molecule has 3 atom stereocenters. The number of aliphatic hydroxyl groups excluding tert-OH is 1. The number of aromatic amines is 1. The van der Waals surface area contributed by atoms with E-state index in [2.05, 4.69) is 41.3 Å². The number of carbonyl (C=O) groups is 5. The van der Waals surface area contributed by atoms with Gasteiger partial charge in [0.15, 0.2) is 5.82 Å². The van der Waals surface area contributed by atoms with Crippen molar-refractivity contribution in [3.63, 3.8) is 0 Å². The van der Waals surface area contributed by atoms with Crippen LogP contribution in [0.25, 0.3) is 21.3 Å². The fourth-order valence-electron chi connectivity index (χ4n) is 11.0. The van der Waals surface area contributed by atoms with Crippen LogP contribution in [0.3, 0.4) is 0 Å². The maximum absolute atomic E-state index is 14.0. The number of nitrogens with zero attached hydrogens (tertiary/aromatic N) is 5. The van der Waals surface area contributed by atoms with Gasteiger partial charge >= 0.3 is 0 Å². The largest absolute Gasteiger partial charge is 0.391 e. The Labute approximate surface area is 515 Å². The molecule has 472 valence electrons. The lowest BCUT2D eigenvalue weighted by Gasteiger charge is -2.36. The molecular weight excluding hydrogens is 1150 g/mol. The molecule has 3 saturated heterocycles. The predicted octanol–water partition coefficient (Wildman–Crippen LogP) is 7.01. The summed E-state index contributed by atoms with van der Waals surface area (Å²) in [7, 11) is 0. The van der Waals surface area contributed by atoms with Gasteiger partial charge in [0, 0.05) is 94.2 Å². The Morgan fingerprint density at radius 2 is 1.45 bits per heavy atom. The lowest BCUT2D eigenvalue weighted by atomic mass is 9.85. The Hall–Kier alpha value is -7.45. The molecule has 5 amide bonds. The average Bonchev–Trinajstić information content (AvgIpc) is 2.18. The number of hydrogen-bond donors (Lipinski definition) is 6. The number of piperazine rings is 1. The van der Waals surface area contributed by atoms with Crippen molar-refractivity contribution < 1.29 is 61.5 Å². The van der Waals surface area contributed by atoms with Crippen LogP contribution >= 0.6 is 11.3 Å². The Morgan fingerprint density at radius 1 is 0.795 bits per heavy atom. The van der Waals surface area contributed by atoms with Gasteiger partial charge in [0.2, 0.25) is 23.6 Å². The van der Waals surface area contributed by atoms with Crippen molar-refractivity contribution in [1.82, 2.24) is 35.6 Å². The highest BCUT2D eigenvalue weighted by atomic mass is 32.1. The molecule has 2 aromatic heterocycles. The highest BCUT2D eigenvalue weighted by Gasteiger charge is 2.44. The Morgan fingerprint density at radius 3 is 2.11 bits per heavy atom. The lowest BCUT2D eigenvalue weighted by molar-refractivity contribution is -0.144. The van der Waals surface area contributed by atoms with E-state index in [1.807, 2.05) is 92.7 Å². The molecule has 0 unspecified atom stereocenters. The summed E-state index contributed by atoms with van der Waals surface area (Å²) in [5.74, 6) is -2.51. The molecule has 6 aromatic rings. The average molecular weight is 1240 g/mol. The summed E-state index contributed by atoms with van der Waals surface area (Å²) in [6.45, 7) is 13.3. The van der Waals surface area contributed by atoms with Crippen molar-refractivity contribution in [1.29, 1.82) is 0 Å². The minimum atomic E-state index is -0.952. The molecule has 3 aliphatic heterocycles. The van der Waals surface area contributed by atoms with Crippen LogP contribution in [0.2, 0.25) is 0 Å².